The van der Waals surface area contributed by atoms with Crippen molar-refractivity contribution in [1.82, 2.24) is 20.0 Å². The molecule has 3 heterocycles. The van der Waals surface area contributed by atoms with E-state index in [1.807, 2.05) is 6.92 Å². The van der Waals surface area contributed by atoms with Gasteiger partial charge in [-0.2, -0.15) is 0 Å². The van der Waals surface area contributed by atoms with E-state index in [0.29, 0.717) is 58.1 Å². The molecule has 3 saturated heterocycles. The average molecular weight is 437 g/mol. The number of carbonyl (C=O) groups is 4. The molecule has 0 bridgehead atoms. The van der Waals surface area contributed by atoms with E-state index in [2.05, 4.69) is 5.32 Å². The van der Waals surface area contributed by atoms with Crippen molar-refractivity contribution in [3.63, 3.8) is 0 Å². The maximum absolute atomic E-state index is 13.0. The Bertz CT molecular complexity index is 714. The zero-order valence-corrected chi connectivity index (χ0v) is 17.9. The van der Waals surface area contributed by atoms with Crippen LogP contribution in [0.1, 0.15) is 39.0 Å². The molecule has 3 atom stereocenters. The molecule has 12 heteroatoms. The van der Waals surface area contributed by atoms with Crippen LogP contribution in [0.4, 0.5) is 0 Å². The zero-order chi connectivity index (χ0) is 22.8. The summed E-state index contributed by atoms with van der Waals surface area (Å²) >= 11 is 0. The third-order valence-corrected chi connectivity index (χ3v) is 6.87. The van der Waals surface area contributed by atoms with Gasteiger partial charge in [-0.05, 0) is 39.0 Å². The van der Waals surface area contributed by atoms with Crippen LogP contribution in [0.5, 0.6) is 0 Å². The molecule has 172 valence electrons. The number of amides is 4. The quantitative estimate of drug-likeness (QED) is 0.265. The second-order valence-corrected chi connectivity index (χ2v) is 8.99. The fraction of sp³-hybridized carbons (Fsp3) is 0.789. The number of nitrogens with two attached hydrogens (primary N) is 1. The van der Waals surface area contributed by atoms with E-state index in [9.17, 15) is 29.2 Å². The summed E-state index contributed by atoms with van der Waals surface area (Å²) < 4.78 is 0. The summed E-state index contributed by atoms with van der Waals surface area (Å²) in [4.78, 5) is 53.5. The molecular formula is C19H32BN5O6. The van der Waals surface area contributed by atoms with E-state index < -0.39 is 18.7 Å². The lowest BCUT2D eigenvalue weighted by Crippen LogP contribution is -2.62. The van der Waals surface area contributed by atoms with Gasteiger partial charge in [0.2, 0.25) is 24.1 Å². The normalized spacial score (nSPS) is 28.5. The minimum atomic E-state index is -1.46. The first-order chi connectivity index (χ1) is 14.7. The van der Waals surface area contributed by atoms with Crippen LogP contribution in [0, 0.1) is 0 Å². The third-order valence-electron chi connectivity index (χ3n) is 6.87. The van der Waals surface area contributed by atoms with Gasteiger partial charge in [-0.15, -0.1) is 0 Å². The van der Waals surface area contributed by atoms with Crippen LogP contribution in [0.15, 0.2) is 0 Å². The Morgan fingerprint density at radius 2 is 1.94 bits per heavy atom. The SMILES string of the molecule is CC1CC(NC=O)C(=O)N1CC(=O)N1CCC(N)(C(=O)N2CCCC(B(O)O)C2)CC1. The number of hydrogen-bond donors (Lipinski definition) is 4. The van der Waals surface area contributed by atoms with E-state index in [4.69, 9.17) is 5.73 Å². The van der Waals surface area contributed by atoms with Crippen LogP contribution in [0.25, 0.3) is 0 Å². The summed E-state index contributed by atoms with van der Waals surface area (Å²) in [5.41, 5.74) is 5.33. The van der Waals surface area contributed by atoms with E-state index in [0.717, 1.165) is 0 Å². The Morgan fingerprint density at radius 1 is 1.26 bits per heavy atom. The highest BCUT2D eigenvalue weighted by atomic mass is 16.4. The first-order valence-electron chi connectivity index (χ1n) is 10.9. The molecule has 11 nitrogen and oxygen atoms in total. The van der Waals surface area contributed by atoms with Crippen LogP contribution in [0.2, 0.25) is 5.82 Å². The maximum atomic E-state index is 13.0. The molecule has 3 rings (SSSR count). The summed E-state index contributed by atoms with van der Waals surface area (Å²) in [5.74, 6) is -1.06. The summed E-state index contributed by atoms with van der Waals surface area (Å²) in [5, 5.41) is 21.4. The minimum Gasteiger partial charge on any atom is -0.427 e. The number of carbonyl (C=O) groups excluding carboxylic acids is 4. The van der Waals surface area contributed by atoms with Gasteiger partial charge in [0.15, 0.2) is 0 Å². The van der Waals surface area contributed by atoms with Crippen LogP contribution in [-0.2, 0) is 19.2 Å². The molecule has 3 fully saturated rings. The van der Waals surface area contributed by atoms with Gasteiger partial charge in [0, 0.05) is 38.0 Å². The molecule has 0 aliphatic carbocycles. The molecule has 3 aliphatic rings. The molecule has 31 heavy (non-hydrogen) atoms. The minimum absolute atomic E-state index is 0.0647. The second kappa shape index (κ2) is 9.53. The number of rotatable bonds is 6. The molecule has 0 spiro atoms. The molecule has 0 aromatic carbocycles. The highest BCUT2D eigenvalue weighted by Gasteiger charge is 2.44. The Kier molecular flexibility index (Phi) is 7.22. The monoisotopic (exact) mass is 437 g/mol. The molecule has 3 aliphatic heterocycles. The predicted octanol–water partition coefficient (Wildman–Crippen LogP) is -2.49. The molecular weight excluding hydrogens is 405 g/mol. The van der Waals surface area contributed by atoms with Gasteiger partial charge < -0.3 is 35.8 Å². The average Bonchev–Trinajstić information content (AvgIpc) is 3.01. The first kappa shape index (κ1) is 23.5. The topological polar surface area (TPSA) is 157 Å². The lowest BCUT2D eigenvalue weighted by atomic mass is 9.68. The van der Waals surface area contributed by atoms with Gasteiger partial charge in [0.05, 0.1) is 5.54 Å². The van der Waals surface area contributed by atoms with Gasteiger partial charge in [-0.25, -0.2) is 0 Å². The van der Waals surface area contributed by atoms with Crippen molar-refractivity contribution in [2.75, 3.05) is 32.7 Å². The van der Waals surface area contributed by atoms with Crippen molar-refractivity contribution in [2.24, 2.45) is 5.73 Å². The smallest absolute Gasteiger partial charge is 0.427 e. The van der Waals surface area contributed by atoms with Crippen molar-refractivity contribution >= 4 is 31.3 Å². The second-order valence-electron chi connectivity index (χ2n) is 8.99. The Morgan fingerprint density at radius 3 is 2.55 bits per heavy atom. The largest absolute Gasteiger partial charge is 0.456 e. The Hall–Kier alpha value is -2.18. The predicted molar refractivity (Wildman–Crippen MR) is 111 cm³/mol. The molecule has 0 aromatic rings. The molecule has 0 radical (unpaired) electrons. The first-order valence-corrected chi connectivity index (χ1v) is 10.9. The number of nitrogens with zero attached hydrogens (tertiary/aromatic N) is 3. The lowest BCUT2D eigenvalue weighted by Gasteiger charge is -2.43. The van der Waals surface area contributed by atoms with E-state index >= 15 is 0 Å². The molecule has 3 unspecified atom stereocenters. The Labute approximate surface area is 182 Å². The number of nitrogens with one attached hydrogen (secondary N) is 1. The van der Waals surface area contributed by atoms with Gasteiger partial charge in [-0.3, -0.25) is 19.2 Å². The van der Waals surface area contributed by atoms with E-state index in [-0.39, 0.29) is 42.7 Å². The van der Waals surface area contributed by atoms with Crippen molar-refractivity contribution in [3.05, 3.63) is 0 Å². The molecule has 0 aromatic heterocycles. The molecule has 4 amide bonds. The fourth-order valence-corrected chi connectivity index (χ4v) is 4.81. The fourth-order valence-electron chi connectivity index (χ4n) is 4.81. The van der Waals surface area contributed by atoms with Crippen molar-refractivity contribution in [1.29, 1.82) is 0 Å². The van der Waals surface area contributed by atoms with Crippen LogP contribution < -0.4 is 11.1 Å². The lowest BCUT2D eigenvalue weighted by molar-refractivity contribution is -0.145. The Balaban J connectivity index is 1.53. The van der Waals surface area contributed by atoms with Crippen molar-refractivity contribution in [2.45, 2.75) is 62.5 Å². The molecule has 0 saturated carbocycles. The van der Waals surface area contributed by atoms with Gasteiger partial charge in [0.1, 0.15) is 12.6 Å². The summed E-state index contributed by atoms with van der Waals surface area (Å²) in [7, 11) is -1.46. The van der Waals surface area contributed by atoms with E-state index in [1.165, 1.54) is 4.90 Å². The van der Waals surface area contributed by atoms with Gasteiger partial charge >= 0.3 is 7.12 Å². The van der Waals surface area contributed by atoms with Crippen LogP contribution >= 0.6 is 0 Å². The maximum Gasteiger partial charge on any atom is 0.456 e. The van der Waals surface area contributed by atoms with Crippen LogP contribution in [-0.4, -0.2) is 106 Å². The van der Waals surface area contributed by atoms with Crippen LogP contribution in [0.3, 0.4) is 0 Å². The van der Waals surface area contributed by atoms with Crippen molar-refractivity contribution < 1.29 is 29.2 Å². The molecule has 5 N–H and O–H groups in total. The number of piperidine rings is 2. The standard InChI is InChI=1S/C19H32BN5O6/c1-13-9-15(22-12-26)17(28)25(13)11-16(27)23-7-4-19(21,5-8-23)18(29)24-6-2-3-14(10-24)20(30)31/h12-15,30-31H,2-11,21H2,1H3,(H,22,26). The highest BCUT2D eigenvalue weighted by Crippen LogP contribution is 2.28. The zero-order valence-electron chi connectivity index (χ0n) is 17.9. The summed E-state index contributed by atoms with van der Waals surface area (Å²) in [6, 6.07) is -0.746. The van der Waals surface area contributed by atoms with E-state index in [1.54, 1.807) is 9.80 Å². The summed E-state index contributed by atoms with van der Waals surface area (Å²) in [6.07, 6.45) is 2.91. The number of likely N-dealkylation sites (tertiary alicyclic amines) is 3. The van der Waals surface area contributed by atoms with Crippen molar-refractivity contribution in [3.8, 4) is 0 Å². The highest BCUT2D eigenvalue weighted by molar-refractivity contribution is 6.43. The van der Waals surface area contributed by atoms with Gasteiger partial charge in [-0.1, -0.05) is 0 Å². The third kappa shape index (κ3) is 5.02. The number of hydrogen-bond acceptors (Lipinski definition) is 7. The van der Waals surface area contributed by atoms with Gasteiger partial charge in [0.25, 0.3) is 0 Å². The summed E-state index contributed by atoms with van der Waals surface area (Å²) in [6.45, 7) is 3.20.